The van der Waals surface area contributed by atoms with E-state index in [2.05, 4.69) is 12.1 Å². The number of carbonyl (C=O) groups excluding carboxylic acids is 1. The van der Waals surface area contributed by atoms with Crippen LogP contribution >= 0.6 is 0 Å². The Kier molecular flexibility index (Phi) is 2.82. The Morgan fingerprint density at radius 2 is 2.00 bits per heavy atom. The molecular weight excluding hydrogens is 252 g/mol. The molecular formula is C16H18N2O2. The second-order valence-corrected chi connectivity index (χ2v) is 5.98. The fraction of sp³-hybridized carbons (Fsp3) is 0.312. The minimum Gasteiger partial charge on any atom is -0.443 e. The molecule has 1 aliphatic rings. The number of ether oxygens (including phenoxy) is 1. The number of benzene rings is 1. The van der Waals surface area contributed by atoms with Crippen LogP contribution in [-0.2, 0) is 11.3 Å². The van der Waals surface area contributed by atoms with Gasteiger partial charge in [-0.25, -0.2) is 4.79 Å². The monoisotopic (exact) mass is 270 g/mol. The van der Waals surface area contributed by atoms with Crippen molar-refractivity contribution in [1.82, 2.24) is 9.47 Å². The summed E-state index contributed by atoms with van der Waals surface area (Å²) >= 11 is 0. The molecule has 0 saturated heterocycles. The highest BCUT2D eigenvalue weighted by molar-refractivity contribution is 5.86. The molecule has 2 aromatic rings. The minimum atomic E-state index is -0.488. The highest BCUT2D eigenvalue weighted by Gasteiger charge is 2.23. The van der Waals surface area contributed by atoms with Crippen LogP contribution in [-0.4, -0.2) is 21.2 Å². The molecule has 0 radical (unpaired) electrons. The van der Waals surface area contributed by atoms with E-state index in [0.717, 1.165) is 11.1 Å². The van der Waals surface area contributed by atoms with Crippen LogP contribution < -0.4 is 0 Å². The molecule has 0 N–H and O–H groups in total. The summed E-state index contributed by atoms with van der Waals surface area (Å²) in [6.45, 7) is 6.14. The third-order valence-corrected chi connectivity index (χ3v) is 3.20. The van der Waals surface area contributed by atoms with Crippen LogP contribution in [0.15, 0.2) is 36.7 Å². The van der Waals surface area contributed by atoms with Crippen LogP contribution in [0, 0.1) is 0 Å². The molecule has 104 valence electrons. The molecule has 4 nitrogen and oxygen atoms in total. The quantitative estimate of drug-likeness (QED) is 0.729. The molecule has 0 unspecified atom stereocenters. The largest absolute Gasteiger partial charge is 0.443 e. The zero-order chi connectivity index (χ0) is 14.3. The first-order chi connectivity index (χ1) is 9.44. The summed E-state index contributed by atoms with van der Waals surface area (Å²) in [6.07, 6.45) is 5.34. The first-order valence-electron chi connectivity index (χ1n) is 6.70. The zero-order valence-electron chi connectivity index (χ0n) is 12.0. The van der Waals surface area contributed by atoms with Gasteiger partial charge in [0.05, 0.1) is 12.1 Å². The van der Waals surface area contributed by atoms with Crippen LogP contribution in [0.25, 0.3) is 17.1 Å². The lowest BCUT2D eigenvalue weighted by Crippen LogP contribution is -2.33. The Bertz CT molecular complexity index is 692. The molecule has 1 amide bonds. The maximum Gasteiger partial charge on any atom is 0.414 e. The van der Waals surface area contributed by atoms with Gasteiger partial charge < -0.3 is 9.30 Å². The third kappa shape index (κ3) is 2.29. The van der Waals surface area contributed by atoms with Crippen LogP contribution in [0.2, 0.25) is 0 Å². The number of para-hydroxylation sites is 1. The van der Waals surface area contributed by atoms with Crippen LogP contribution in [0.4, 0.5) is 4.79 Å². The van der Waals surface area contributed by atoms with E-state index in [4.69, 9.17) is 4.74 Å². The van der Waals surface area contributed by atoms with E-state index in [1.54, 1.807) is 11.1 Å². The molecule has 0 saturated carbocycles. The molecule has 3 rings (SSSR count). The first kappa shape index (κ1) is 12.8. The number of hydrogen-bond acceptors (Lipinski definition) is 2. The van der Waals surface area contributed by atoms with E-state index < -0.39 is 5.60 Å². The number of amides is 1. The molecule has 0 spiro atoms. The predicted octanol–water partition coefficient (Wildman–Crippen LogP) is 3.82. The Balaban J connectivity index is 1.95. The summed E-state index contributed by atoms with van der Waals surface area (Å²) in [4.78, 5) is 13.8. The second-order valence-electron chi connectivity index (χ2n) is 5.98. The third-order valence-electron chi connectivity index (χ3n) is 3.20. The second kappa shape index (κ2) is 4.40. The summed E-state index contributed by atoms with van der Waals surface area (Å²) < 4.78 is 7.47. The summed E-state index contributed by atoms with van der Waals surface area (Å²) in [7, 11) is 0. The summed E-state index contributed by atoms with van der Waals surface area (Å²) in [6, 6.07) is 8.21. The average molecular weight is 270 g/mol. The van der Waals surface area contributed by atoms with Gasteiger partial charge in [-0.1, -0.05) is 18.2 Å². The van der Waals surface area contributed by atoms with Crippen molar-refractivity contribution in [2.75, 3.05) is 0 Å². The molecule has 2 heterocycles. The Hall–Kier alpha value is -2.23. The van der Waals surface area contributed by atoms with Gasteiger partial charge in [0.2, 0.25) is 0 Å². The SMILES string of the molecule is CC(C)(C)OC(=O)N1C=Cn2ccc3cccc(c32)C1. The molecule has 1 aliphatic heterocycles. The van der Waals surface area contributed by atoms with Gasteiger partial charge in [-0.3, -0.25) is 4.90 Å². The zero-order valence-corrected chi connectivity index (χ0v) is 12.0. The van der Waals surface area contributed by atoms with Crippen molar-refractivity contribution in [2.45, 2.75) is 32.9 Å². The van der Waals surface area contributed by atoms with Gasteiger partial charge in [0, 0.05) is 24.0 Å². The van der Waals surface area contributed by atoms with Crippen molar-refractivity contribution < 1.29 is 9.53 Å². The highest BCUT2D eigenvalue weighted by Crippen LogP contribution is 2.25. The fourth-order valence-corrected chi connectivity index (χ4v) is 2.38. The Morgan fingerprint density at radius 3 is 2.75 bits per heavy atom. The molecule has 1 aromatic heterocycles. The molecule has 20 heavy (non-hydrogen) atoms. The van der Waals surface area contributed by atoms with Gasteiger partial charge in [0.25, 0.3) is 0 Å². The van der Waals surface area contributed by atoms with Crippen molar-refractivity contribution in [1.29, 1.82) is 0 Å². The van der Waals surface area contributed by atoms with Gasteiger partial charge in [0.1, 0.15) is 5.60 Å². The maximum atomic E-state index is 12.2. The van der Waals surface area contributed by atoms with Crippen molar-refractivity contribution in [3.8, 4) is 0 Å². The first-order valence-corrected chi connectivity index (χ1v) is 6.70. The topological polar surface area (TPSA) is 34.5 Å². The number of aromatic nitrogens is 1. The molecule has 4 heteroatoms. The van der Waals surface area contributed by atoms with Crippen molar-refractivity contribution in [3.05, 3.63) is 42.2 Å². The Labute approximate surface area is 118 Å². The van der Waals surface area contributed by atoms with Crippen LogP contribution in [0.5, 0.6) is 0 Å². The molecule has 0 fully saturated rings. The summed E-state index contributed by atoms with van der Waals surface area (Å²) in [5.41, 5.74) is 1.77. The highest BCUT2D eigenvalue weighted by atomic mass is 16.6. The number of hydrogen-bond donors (Lipinski definition) is 0. The van der Waals surface area contributed by atoms with Crippen LogP contribution in [0.1, 0.15) is 26.3 Å². The van der Waals surface area contributed by atoms with Gasteiger partial charge in [-0.15, -0.1) is 0 Å². The van der Waals surface area contributed by atoms with E-state index in [-0.39, 0.29) is 6.09 Å². The molecule has 0 atom stereocenters. The lowest BCUT2D eigenvalue weighted by molar-refractivity contribution is 0.0325. The normalized spacial score (nSPS) is 14.4. The van der Waals surface area contributed by atoms with Gasteiger partial charge >= 0.3 is 6.09 Å². The summed E-state index contributed by atoms with van der Waals surface area (Å²) in [5, 5.41) is 1.18. The van der Waals surface area contributed by atoms with Gasteiger partial charge in [-0.05, 0) is 32.4 Å². The molecule has 1 aromatic carbocycles. The smallest absolute Gasteiger partial charge is 0.414 e. The standard InChI is InChI=1S/C16H18N2O2/c1-16(2,3)20-15(19)18-10-9-17-8-7-12-5-4-6-13(11-18)14(12)17/h4-10H,11H2,1-3H3. The van der Waals surface area contributed by atoms with Crippen molar-refractivity contribution >= 4 is 23.2 Å². The fourth-order valence-electron chi connectivity index (χ4n) is 2.38. The van der Waals surface area contributed by atoms with E-state index in [1.165, 1.54) is 5.39 Å². The lowest BCUT2D eigenvalue weighted by atomic mass is 10.1. The van der Waals surface area contributed by atoms with Crippen molar-refractivity contribution in [3.63, 3.8) is 0 Å². The lowest BCUT2D eigenvalue weighted by Gasteiger charge is -2.24. The molecule has 0 aliphatic carbocycles. The van der Waals surface area contributed by atoms with E-state index in [0.29, 0.717) is 6.54 Å². The van der Waals surface area contributed by atoms with E-state index >= 15 is 0 Å². The predicted molar refractivity (Wildman–Crippen MR) is 79.0 cm³/mol. The van der Waals surface area contributed by atoms with Gasteiger partial charge in [-0.2, -0.15) is 0 Å². The maximum absolute atomic E-state index is 12.2. The number of nitrogens with zero attached hydrogens (tertiary/aromatic N) is 2. The van der Waals surface area contributed by atoms with Crippen molar-refractivity contribution in [2.24, 2.45) is 0 Å². The van der Waals surface area contributed by atoms with E-state index in [1.807, 2.05) is 49.9 Å². The average Bonchev–Trinajstić information content (AvgIpc) is 2.65. The van der Waals surface area contributed by atoms with Gasteiger partial charge in [0.15, 0.2) is 0 Å². The molecule has 0 bridgehead atoms. The summed E-state index contributed by atoms with van der Waals surface area (Å²) in [5.74, 6) is 0. The number of carbonyl (C=O) groups is 1. The Morgan fingerprint density at radius 1 is 1.20 bits per heavy atom. The van der Waals surface area contributed by atoms with E-state index in [9.17, 15) is 4.79 Å². The number of rotatable bonds is 0. The van der Waals surface area contributed by atoms with Crippen LogP contribution in [0.3, 0.4) is 0 Å². The minimum absolute atomic E-state index is 0.323.